The van der Waals surface area contributed by atoms with Crippen LogP contribution in [0, 0.1) is 5.92 Å². The Kier molecular flexibility index (Phi) is 18.1. The van der Waals surface area contributed by atoms with Crippen molar-refractivity contribution >= 4 is 70.1 Å². The number of nitrogens with zero attached hydrogens (tertiary/aromatic N) is 1. The number of aliphatic carboxylic acids is 2. The van der Waals surface area contributed by atoms with Gasteiger partial charge in [-0.1, -0.05) is 32.0 Å². The number of carbonyl (C=O) groups excluding carboxylic acids is 8. The van der Waals surface area contributed by atoms with E-state index >= 15 is 0 Å². The van der Waals surface area contributed by atoms with E-state index in [1.54, 1.807) is 20.0 Å². The van der Waals surface area contributed by atoms with Gasteiger partial charge in [0, 0.05) is 23.6 Å². The van der Waals surface area contributed by atoms with Crippen LogP contribution in [0.4, 0.5) is 0 Å². The second-order valence-electron chi connectivity index (χ2n) is 15.1. The van der Waals surface area contributed by atoms with E-state index in [0.717, 1.165) is 28.3 Å². The fourth-order valence-corrected chi connectivity index (χ4v) is 6.60. The molecule has 2 heterocycles. The van der Waals surface area contributed by atoms with Crippen molar-refractivity contribution in [2.24, 2.45) is 17.4 Å². The van der Waals surface area contributed by atoms with Gasteiger partial charge in [-0.15, -0.1) is 0 Å². The Morgan fingerprint density at radius 1 is 0.803 bits per heavy atom. The molecule has 14 N–H and O–H groups in total. The average Bonchev–Trinajstić information content (AvgIpc) is 3.84. The van der Waals surface area contributed by atoms with E-state index in [0.29, 0.717) is 6.42 Å². The number of amides is 8. The molecule has 0 saturated carbocycles. The van der Waals surface area contributed by atoms with Crippen LogP contribution >= 0.6 is 0 Å². The molecule has 1 aromatic carbocycles. The van der Waals surface area contributed by atoms with Gasteiger partial charge in [-0.2, -0.15) is 0 Å². The fourth-order valence-electron chi connectivity index (χ4n) is 6.60. The Morgan fingerprint density at radius 2 is 1.43 bits per heavy atom. The Morgan fingerprint density at radius 3 is 2.03 bits per heavy atom. The van der Waals surface area contributed by atoms with E-state index in [9.17, 15) is 63.3 Å². The van der Waals surface area contributed by atoms with Gasteiger partial charge in [-0.3, -0.25) is 43.2 Å². The Bertz CT molecular complexity index is 1970. The number of nitrogens with two attached hydrogens (primary N) is 2. The molecule has 23 heteroatoms. The lowest BCUT2D eigenvalue weighted by atomic mass is 10.0. The zero-order chi connectivity index (χ0) is 45.6. The molecule has 0 radical (unpaired) electrons. The van der Waals surface area contributed by atoms with Crippen LogP contribution in [0.2, 0.25) is 0 Å². The third kappa shape index (κ3) is 14.9. The number of aliphatic hydroxyl groups excluding tert-OH is 1. The first-order chi connectivity index (χ1) is 28.7. The van der Waals surface area contributed by atoms with Crippen molar-refractivity contribution in [2.75, 3.05) is 19.6 Å². The number of carboxylic acid groups (broad SMARTS) is 2. The monoisotopic (exact) mass is 858 g/mol. The number of aromatic amines is 1. The number of benzene rings is 1. The summed E-state index contributed by atoms with van der Waals surface area (Å²) in [6.45, 7) is 3.06. The van der Waals surface area contributed by atoms with Crippen molar-refractivity contribution in [3.8, 4) is 0 Å². The smallest absolute Gasteiger partial charge is 0.326 e. The molecule has 1 fully saturated rings. The lowest BCUT2D eigenvalue weighted by Gasteiger charge is -2.29. The van der Waals surface area contributed by atoms with E-state index in [1.807, 2.05) is 24.3 Å². The van der Waals surface area contributed by atoms with Gasteiger partial charge < -0.3 is 68.6 Å². The zero-order valence-electron chi connectivity index (χ0n) is 33.9. The van der Waals surface area contributed by atoms with E-state index in [1.165, 1.54) is 0 Å². The van der Waals surface area contributed by atoms with Gasteiger partial charge >= 0.3 is 11.9 Å². The molecule has 2 aromatic rings. The molecule has 0 unspecified atom stereocenters. The fraction of sp³-hybridized carbons (Fsp3) is 0.526. The normalized spacial score (nSPS) is 16.6. The zero-order valence-corrected chi connectivity index (χ0v) is 33.9. The van der Waals surface area contributed by atoms with Crippen molar-refractivity contribution in [1.82, 2.24) is 41.8 Å². The predicted octanol–water partition coefficient (Wildman–Crippen LogP) is -3.94. The van der Waals surface area contributed by atoms with Crippen molar-refractivity contribution in [1.29, 1.82) is 0 Å². The van der Waals surface area contributed by atoms with Crippen LogP contribution in [-0.4, -0.2) is 146 Å². The number of carboxylic acids is 2. The highest BCUT2D eigenvalue weighted by atomic mass is 16.4. The number of rotatable bonds is 23. The summed E-state index contributed by atoms with van der Waals surface area (Å²) in [7, 11) is 0. The maximum atomic E-state index is 13.5. The molecule has 1 aliphatic heterocycles. The molecular weight excluding hydrogens is 804 g/mol. The lowest BCUT2D eigenvalue weighted by Crippen LogP contribution is -2.60. The van der Waals surface area contributed by atoms with Crippen LogP contribution in [0.1, 0.15) is 58.4 Å². The Hall–Kier alpha value is -6.62. The summed E-state index contributed by atoms with van der Waals surface area (Å²) in [5.41, 5.74) is 13.0. The molecule has 1 aliphatic rings. The summed E-state index contributed by atoms with van der Waals surface area (Å²) >= 11 is 0. The quantitative estimate of drug-likeness (QED) is 0.0508. The molecule has 0 spiro atoms. The third-order valence-corrected chi connectivity index (χ3v) is 9.59. The minimum atomic E-state index is -1.73. The van der Waals surface area contributed by atoms with Crippen LogP contribution < -0.4 is 43.4 Å². The van der Waals surface area contributed by atoms with Crippen molar-refractivity contribution in [3.63, 3.8) is 0 Å². The first-order valence-electron chi connectivity index (χ1n) is 19.4. The topological polar surface area (TPSA) is 375 Å². The first kappa shape index (κ1) is 48.7. The maximum Gasteiger partial charge on any atom is 0.326 e. The van der Waals surface area contributed by atoms with Gasteiger partial charge in [0.25, 0.3) is 0 Å². The largest absolute Gasteiger partial charge is 0.481 e. The van der Waals surface area contributed by atoms with Crippen molar-refractivity contribution in [2.45, 2.75) is 102 Å². The van der Waals surface area contributed by atoms with E-state index in [2.05, 4.69) is 36.9 Å². The minimum Gasteiger partial charge on any atom is -0.481 e. The molecule has 0 aliphatic carbocycles. The predicted molar refractivity (Wildman–Crippen MR) is 213 cm³/mol. The number of nitrogens with one attached hydrogen (secondary N) is 7. The number of para-hydroxylation sites is 1. The SMILES string of the molecule is CC(C)C[C@H](NC(=O)[C@@H](NC(=O)CNC(=O)[C@H](CC(=O)O)NC(=O)CNC(=O)[C@@H](N)Cc1c[nH]c2ccccc12)[C@@H](C)O)C(=O)N[C@@H](CC(N)=O)C(=O)N1CCC[C@H]1C(=O)O. The second kappa shape index (κ2) is 22.7. The van der Waals surface area contributed by atoms with Crippen LogP contribution in [0.5, 0.6) is 0 Å². The molecule has 7 atom stereocenters. The molecule has 334 valence electrons. The summed E-state index contributed by atoms with van der Waals surface area (Å²) in [5.74, 6) is -10.7. The standard InChI is InChI=1S/C38H54N10O13/c1-18(2)11-24(35(57)46-26(13-28(40)50)37(59)48-10-6-9-27(48)38(60)61)45-36(58)32(19(3)49)47-30(52)17-43-34(56)25(14-31(53)54)44-29(51)16-42-33(55)22(39)12-20-15-41-23-8-5-4-7-21(20)23/h4-5,7-8,15,18-19,22,24-27,32,41,49H,6,9-14,16-17,39H2,1-3H3,(H2,40,50)(H,42,55)(H,43,56)(H,44,51)(H,45,58)(H,46,57)(H,47,52)(H,53,54)(H,60,61)/t19-,22+,24+,25+,26+,27+,32+/m1/s1. The van der Waals surface area contributed by atoms with Gasteiger partial charge in [0.1, 0.15) is 30.2 Å². The van der Waals surface area contributed by atoms with E-state index < -0.39 is 127 Å². The summed E-state index contributed by atoms with van der Waals surface area (Å²) in [4.78, 5) is 130. The number of primary amides is 1. The maximum absolute atomic E-state index is 13.5. The Balaban J connectivity index is 1.58. The molecule has 61 heavy (non-hydrogen) atoms. The molecule has 3 rings (SSSR count). The average molecular weight is 859 g/mol. The third-order valence-electron chi connectivity index (χ3n) is 9.59. The van der Waals surface area contributed by atoms with Crippen LogP contribution in [0.15, 0.2) is 30.5 Å². The number of aliphatic hydroxyl groups is 1. The second-order valence-corrected chi connectivity index (χ2v) is 15.1. The summed E-state index contributed by atoms with van der Waals surface area (Å²) in [6.07, 6.45) is -0.854. The first-order valence-corrected chi connectivity index (χ1v) is 19.4. The molecule has 0 bridgehead atoms. The lowest BCUT2D eigenvalue weighted by molar-refractivity contribution is -0.149. The van der Waals surface area contributed by atoms with Crippen LogP contribution in [-0.2, 0) is 54.4 Å². The van der Waals surface area contributed by atoms with Crippen molar-refractivity contribution < 1.29 is 63.3 Å². The number of likely N-dealkylation sites (tertiary alicyclic amines) is 1. The number of H-pyrrole nitrogens is 1. The highest BCUT2D eigenvalue weighted by molar-refractivity contribution is 5.98. The highest BCUT2D eigenvalue weighted by Gasteiger charge is 2.39. The van der Waals surface area contributed by atoms with Crippen LogP contribution in [0.3, 0.4) is 0 Å². The van der Waals surface area contributed by atoms with Gasteiger partial charge in [-0.25, -0.2) is 4.79 Å². The van der Waals surface area contributed by atoms with E-state index in [4.69, 9.17) is 11.5 Å². The number of aromatic nitrogens is 1. The van der Waals surface area contributed by atoms with E-state index in [-0.39, 0.29) is 31.7 Å². The van der Waals surface area contributed by atoms with Gasteiger partial charge in [0.15, 0.2) is 0 Å². The minimum absolute atomic E-state index is 0.0365. The number of carbonyl (C=O) groups is 10. The van der Waals surface area contributed by atoms with Gasteiger partial charge in [-0.05, 0) is 50.2 Å². The molecule has 8 amide bonds. The van der Waals surface area contributed by atoms with Crippen molar-refractivity contribution in [3.05, 3.63) is 36.0 Å². The number of hydrogen-bond donors (Lipinski definition) is 12. The molecule has 1 aromatic heterocycles. The summed E-state index contributed by atoms with van der Waals surface area (Å²) in [5, 5.41) is 43.8. The molecule has 23 nitrogen and oxygen atoms in total. The van der Waals surface area contributed by atoms with Gasteiger partial charge in [0.05, 0.1) is 38.1 Å². The molecule has 1 saturated heterocycles. The Labute approximate surface area is 349 Å². The number of hydrogen-bond acceptors (Lipinski definition) is 12. The number of fused-ring (bicyclic) bond motifs is 1. The van der Waals surface area contributed by atoms with Crippen LogP contribution in [0.25, 0.3) is 10.9 Å². The van der Waals surface area contributed by atoms with Gasteiger partial charge in [0.2, 0.25) is 47.3 Å². The highest BCUT2D eigenvalue weighted by Crippen LogP contribution is 2.20. The molecular formula is C38H54N10O13. The summed E-state index contributed by atoms with van der Waals surface area (Å²) < 4.78 is 0. The summed E-state index contributed by atoms with van der Waals surface area (Å²) in [6, 6.07) is -1.29.